The lowest BCUT2D eigenvalue weighted by molar-refractivity contribution is -0.336. The molecule has 0 aromatic heterocycles. The van der Waals surface area contributed by atoms with E-state index in [1.54, 1.807) is 0 Å². The second kappa shape index (κ2) is 18.6. The highest BCUT2D eigenvalue weighted by molar-refractivity contribution is 5.81. The van der Waals surface area contributed by atoms with Gasteiger partial charge >= 0.3 is 0 Å². The molecule has 0 bridgehead atoms. The average molecular weight is 826 g/mol. The summed E-state index contributed by atoms with van der Waals surface area (Å²) in [6, 6.07) is 0. The van der Waals surface area contributed by atoms with Crippen molar-refractivity contribution in [2.45, 2.75) is 193 Å². The van der Waals surface area contributed by atoms with E-state index < -0.39 is 67.5 Å². The van der Waals surface area contributed by atoms with Gasteiger partial charge in [-0.2, -0.15) is 0 Å². The van der Waals surface area contributed by atoms with Gasteiger partial charge in [-0.25, -0.2) is 0 Å². The molecule has 4 aliphatic carbocycles. The third kappa shape index (κ3) is 9.23. The van der Waals surface area contributed by atoms with Crippen LogP contribution in [0, 0.1) is 58.2 Å². The van der Waals surface area contributed by atoms with Crippen molar-refractivity contribution < 1.29 is 64.3 Å². The van der Waals surface area contributed by atoms with Gasteiger partial charge < -0.3 is 60.0 Å². The quantitative estimate of drug-likeness (QED) is 0.118. The lowest BCUT2D eigenvalue weighted by Crippen LogP contribution is -2.61. The van der Waals surface area contributed by atoms with Crippen LogP contribution in [-0.4, -0.2) is 134 Å². The normalized spacial score (nSPS) is 47.7. The maximum absolute atomic E-state index is 13.7. The second-order valence-electron chi connectivity index (χ2n) is 20.4. The molecule has 2 saturated heterocycles. The van der Waals surface area contributed by atoms with Crippen LogP contribution in [0.15, 0.2) is 0 Å². The Hall–Kier alpha value is -1.30. The number of rotatable bonds is 14. The number of carbonyl (C=O) groups excluding carboxylic acids is 2. The van der Waals surface area contributed by atoms with E-state index in [4.69, 9.17) is 18.9 Å². The van der Waals surface area contributed by atoms with Crippen molar-refractivity contribution in [2.75, 3.05) is 13.2 Å². The van der Waals surface area contributed by atoms with E-state index in [0.29, 0.717) is 55.4 Å². The van der Waals surface area contributed by atoms with Crippen LogP contribution in [0.3, 0.4) is 0 Å². The number of nitrogens with one attached hydrogen (secondary N) is 1. The first-order chi connectivity index (χ1) is 27.3. The van der Waals surface area contributed by atoms with Crippen LogP contribution in [0.5, 0.6) is 0 Å². The Morgan fingerprint density at radius 2 is 1.45 bits per heavy atom. The standard InChI is InChI=1S/C44H75NO13/c1-21(2)16-33(48)45-19-22(3)8-11-30(46)23(4)34-31(47)18-29-27-10-9-25-17-26(12-14-43(25,6)28(27)13-15-44(29,34)7)57-42-40(54)38(52)36(50)32(58-42)20-55-41-39(53)37(51)35(49)24(5)56-41/h21-29,31-32,34-42,47,49-54H,8-20H2,1-7H3,(H,45,48). The molecular weight excluding hydrogens is 750 g/mol. The summed E-state index contributed by atoms with van der Waals surface area (Å²) in [6.45, 7) is 14.7. The van der Waals surface area contributed by atoms with Gasteiger partial charge in [0, 0.05) is 25.3 Å². The summed E-state index contributed by atoms with van der Waals surface area (Å²) in [5.74, 6) is 2.14. The molecule has 58 heavy (non-hydrogen) atoms. The number of carbonyl (C=O) groups is 2. The maximum atomic E-state index is 13.7. The molecule has 334 valence electrons. The van der Waals surface area contributed by atoms with Crippen LogP contribution in [0.1, 0.15) is 119 Å². The molecule has 21 atom stereocenters. The van der Waals surface area contributed by atoms with Crippen LogP contribution < -0.4 is 5.32 Å². The molecule has 14 nitrogen and oxygen atoms in total. The van der Waals surface area contributed by atoms with Crippen LogP contribution in [0.2, 0.25) is 0 Å². The number of fused-ring (bicyclic) bond motifs is 5. The molecule has 2 heterocycles. The van der Waals surface area contributed by atoms with Crippen LogP contribution in [-0.2, 0) is 28.5 Å². The lowest BCUT2D eigenvalue weighted by atomic mass is 9.44. The number of ether oxygens (including phenoxy) is 4. The van der Waals surface area contributed by atoms with Crippen molar-refractivity contribution in [1.29, 1.82) is 0 Å². The van der Waals surface area contributed by atoms with Gasteiger partial charge in [-0.05, 0) is 117 Å². The van der Waals surface area contributed by atoms with E-state index in [1.165, 1.54) is 6.92 Å². The number of ketones is 1. The van der Waals surface area contributed by atoms with Crippen LogP contribution in [0.25, 0.3) is 0 Å². The van der Waals surface area contributed by atoms with Gasteiger partial charge in [0.1, 0.15) is 48.5 Å². The summed E-state index contributed by atoms with van der Waals surface area (Å²) in [4.78, 5) is 25.8. The summed E-state index contributed by atoms with van der Waals surface area (Å²) in [6.07, 6.45) is -5.21. The maximum Gasteiger partial charge on any atom is 0.220 e. The molecular formula is C44H75NO13. The van der Waals surface area contributed by atoms with Crippen molar-refractivity contribution in [1.82, 2.24) is 5.32 Å². The predicted octanol–water partition coefficient (Wildman–Crippen LogP) is 2.44. The number of aliphatic hydroxyl groups excluding tert-OH is 7. The van der Waals surface area contributed by atoms with Gasteiger partial charge in [0.15, 0.2) is 12.6 Å². The summed E-state index contributed by atoms with van der Waals surface area (Å²) in [5, 5.41) is 77.6. The second-order valence-corrected chi connectivity index (χ2v) is 20.4. The van der Waals surface area contributed by atoms with Gasteiger partial charge in [0.05, 0.1) is 24.9 Å². The Morgan fingerprint density at radius 1 is 0.776 bits per heavy atom. The highest BCUT2D eigenvalue weighted by atomic mass is 16.7. The highest BCUT2D eigenvalue weighted by Gasteiger charge is 2.63. The third-order valence-corrected chi connectivity index (χ3v) is 16.1. The van der Waals surface area contributed by atoms with Crippen molar-refractivity contribution in [3.8, 4) is 0 Å². The number of hydrogen-bond acceptors (Lipinski definition) is 13. The van der Waals surface area contributed by atoms with Gasteiger partial charge in [-0.1, -0.05) is 41.5 Å². The molecule has 1 amide bonds. The number of aliphatic hydroxyl groups is 7. The van der Waals surface area contributed by atoms with Gasteiger partial charge in [-0.15, -0.1) is 0 Å². The third-order valence-electron chi connectivity index (χ3n) is 16.1. The molecule has 6 fully saturated rings. The Balaban J connectivity index is 1.02. The predicted molar refractivity (Wildman–Crippen MR) is 212 cm³/mol. The number of amides is 1. The summed E-state index contributed by atoms with van der Waals surface area (Å²) >= 11 is 0. The SMILES string of the molecule is CC(C)CC(=O)NCC(C)CCC(=O)C(C)C1C(O)CC2C3CCC4CC(OC5OC(COC6OC(C)C(O)C(O)C6O)C(O)C(O)C5O)CCC4(C)C3CCC21C. The molecule has 6 rings (SSSR count). The van der Waals surface area contributed by atoms with Crippen molar-refractivity contribution in [3.63, 3.8) is 0 Å². The fourth-order valence-corrected chi connectivity index (χ4v) is 12.6. The molecule has 0 aromatic carbocycles. The minimum atomic E-state index is -1.57. The molecule has 0 aromatic rings. The largest absolute Gasteiger partial charge is 0.393 e. The monoisotopic (exact) mass is 826 g/mol. The first kappa shape index (κ1) is 46.2. The molecule has 8 N–H and O–H groups in total. The van der Waals surface area contributed by atoms with Crippen LogP contribution >= 0.6 is 0 Å². The Bertz CT molecular complexity index is 1400. The lowest BCUT2D eigenvalue weighted by Gasteiger charge is -2.61. The molecule has 21 unspecified atom stereocenters. The Labute approximate surface area is 344 Å². The smallest absolute Gasteiger partial charge is 0.220 e. The molecule has 6 aliphatic rings. The Kier molecular flexibility index (Phi) is 14.8. The summed E-state index contributed by atoms with van der Waals surface area (Å²) in [5.41, 5.74) is -0.0419. The van der Waals surface area contributed by atoms with E-state index in [1.807, 2.05) is 20.8 Å². The summed E-state index contributed by atoms with van der Waals surface area (Å²) in [7, 11) is 0. The van der Waals surface area contributed by atoms with Gasteiger partial charge in [0.2, 0.25) is 5.91 Å². The van der Waals surface area contributed by atoms with Crippen LogP contribution in [0.4, 0.5) is 0 Å². The Morgan fingerprint density at radius 3 is 2.16 bits per heavy atom. The first-order valence-corrected chi connectivity index (χ1v) is 22.4. The topological polar surface area (TPSA) is 225 Å². The van der Waals surface area contributed by atoms with E-state index >= 15 is 0 Å². The van der Waals surface area contributed by atoms with Crippen molar-refractivity contribution in [3.05, 3.63) is 0 Å². The fourth-order valence-electron chi connectivity index (χ4n) is 12.6. The molecule has 0 spiro atoms. The van der Waals surface area contributed by atoms with E-state index in [2.05, 4.69) is 26.1 Å². The highest BCUT2D eigenvalue weighted by Crippen LogP contribution is 2.68. The minimum absolute atomic E-state index is 0.0532. The van der Waals surface area contributed by atoms with E-state index in [-0.39, 0.29) is 53.0 Å². The zero-order valence-corrected chi connectivity index (χ0v) is 35.8. The fraction of sp³-hybridized carbons (Fsp3) is 0.955. The molecule has 14 heteroatoms. The first-order valence-electron chi connectivity index (χ1n) is 22.4. The molecule has 2 aliphatic heterocycles. The van der Waals surface area contributed by atoms with Gasteiger partial charge in [-0.3, -0.25) is 9.59 Å². The van der Waals surface area contributed by atoms with E-state index in [0.717, 1.165) is 51.4 Å². The van der Waals surface area contributed by atoms with Gasteiger partial charge in [0.25, 0.3) is 0 Å². The zero-order chi connectivity index (χ0) is 42.4. The number of hydrogen-bond donors (Lipinski definition) is 8. The van der Waals surface area contributed by atoms with E-state index in [9.17, 15) is 45.3 Å². The average Bonchev–Trinajstić information content (AvgIpc) is 3.45. The van der Waals surface area contributed by atoms with Crippen molar-refractivity contribution in [2.24, 2.45) is 58.2 Å². The van der Waals surface area contributed by atoms with Crippen molar-refractivity contribution >= 4 is 11.7 Å². The number of Topliss-reactive ketones (excluding diaryl/α,β-unsaturated/α-hetero) is 1. The molecule has 4 saturated carbocycles. The molecule has 0 radical (unpaired) electrons. The zero-order valence-electron chi connectivity index (χ0n) is 35.8. The summed E-state index contributed by atoms with van der Waals surface area (Å²) < 4.78 is 23.5. The minimum Gasteiger partial charge on any atom is -0.393 e.